The van der Waals surface area contributed by atoms with Crippen molar-refractivity contribution in [2.45, 2.75) is 13.1 Å². The molecule has 0 bridgehead atoms. The first-order chi connectivity index (χ1) is 9.28. The van der Waals surface area contributed by atoms with Gasteiger partial charge in [0.25, 0.3) is 5.91 Å². The van der Waals surface area contributed by atoms with Gasteiger partial charge in [-0.3, -0.25) is 14.5 Å². The molecule has 0 aliphatic carbocycles. The second kappa shape index (κ2) is 6.50. The van der Waals surface area contributed by atoms with Gasteiger partial charge in [0.05, 0.1) is 5.75 Å². The number of thioether (sulfide) groups is 1. The van der Waals surface area contributed by atoms with E-state index in [1.165, 1.54) is 11.0 Å². The highest BCUT2D eigenvalue weighted by Gasteiger charge is 2.29. The fraction of sp³-hybridized carbons (Fsp3) is 0.455. The second-order valence-corrected chi connectivity index (χ2v) is 4.61. The molecule has 9 heteroatoms. The van der Waals surface area contributed by atoms with E-state index in [0.717, 1.165) is 11.8 Å². The molecule has 108 valence electrons. The third-order valence-electron chi connectivity index (χ3n) is 2.21. The molecule has 0 unspecified atom stereocenters. The molecule has 1 rings (SSSR count). The number of nitrogens with one attached hydrogen (secondary N) is 1. The summed E-state index contributed by atoms with van der Waals surface area (Å²) < 4.78 is 35.9. The van der Waals surface area contributed by atoms with Gasteiger partial charge in [-0.2, -0.15) is 18.4 Å². The number of rotatable bonds is 3. The van der Waals surface area contributed by atoms with Gasteiger partial charge in [0, 0.05) is 6.54 Å². The number of carbonyl (C=O) groups is 2. The average Bonchev–Trinajstić information content (AvgIpc) is 2.72. The summed E-state index contributed by atoms with van der Waals surface area (Å²) in [5.74, 6) is -1.22. The van der Waals surface area contributed by atoms with Crippen LogP contribution in [0.5, 0.6) is 0 Å². The van der Waals surface area contributed by atoms with Gasteiger partial charge in [-0.05, 0) is 6.92 Å². The molecule has 0 spiro atoms. The fourth-order valence-electron chi connectivity index (χ4n) is 1.33. The standard InChI is InChI=1S/C11H10F3N3O2S/c1-2-17-8(18)5-20-9(17)3-7(4-15)10(19)16-6-11(12,13)14/h2,5-6H2,1H3,(H,16,19). The highest BCUT2D eigenvalue weighted by molar-refractivity contribution is 8.04. The van der Waals surface area contributed by atoms with Crippen LogP contribution in [-0.2, 0) is 9.59 Å². The van der Waals surface area contributed by atoms with Crippen molar-refractivity contribution in [3.8, 4) is 6.07 Å². The van der Waals surface area contributed by atoms with Crippen molar-refractivity contribution in [2.75, 3.05) is 18.8 Å². The third kappa shape index (κ3) is 4.33. The topological polar surface area (TPSA) is 73.2 Å². The zero-order chi connectivity index (χ0) is 15.3. The average molecular weight is 305 g/mol. The zero-order valence-corrected chi connectivity index (χ0v) is 11.2. The van der Waals surface area contributed by atoms with Gasteiger partial charge < -0.3 is 5.32 Å². The summed E-state index contributed by atoms with van der Waals surface area (Å²) >= 11 is 1.08. The van der Waals surface area contributed by atoms with Crippen LogP contribution in [0, 0.1) is 11.3 Å². The number of hydrogen-bond donors (Lipinski definition) is 1. The normalized spacial score (nSPS) is 14.8. The molecule has 0 aromatic heterocycles. The molecule has 1 N–H and O–H groups in total. The molecule has 5 nitrogen and oxygen atoms in total. The second-order valence-electron chi connectivity index (χ2n) is 3.64. The number of amides is 2. The Morgan fingerprint density at radius 1 is 1.55 bits per heavy atom. The van der Waals surface area contributed by atoms with E-state index in [9.17, 15) is 22.8 Å². The van der Waals surface area contributed by atoms with Crippen molar-refractivity contribution < 1.29 is 22.8 Å². The van der Waals surface area contributed by atoms with E-state index >= 15 is 0 Å². The smallest absolute Gasteiger partial charge is 0.342 e. The summed E-state index contributed by atoms with van der Waals surface area (Å²) in [5.41, 5.74) is 1.80. The lowest BCUT2D eigenvalue weighted by Gasteiger charge is -2.11. The van der Waals surface area contributed by atoms with Crippen molar-refractivity contribution in [3.05, 3.63) is 16.3 Å². The lowest BCUT2D eigenvalue weighted by molar-refractivity contribution is -0.136. The Kier molecular flexibility index (Phi) is 5.25. The van der Waals surface area contributed by atoms with E-state index in [0.29, 0.717) is 6.54 Å². The van der Waals surface area contributed by atoms with Crippen LogP contribution < -0.4 is 5.32 Å². The summed E-state index contributed by atoms with van der Waals surface area (Å²) in [6.45, 7) is 0.496. The van der Waals surface area contributed by atoms with Crippen LogP contribution in [0.15, 0.2) is 16.3 Å². The van der Waals surface area contributed by atoms with Gasteiger partial charge in [0.2, 0.25) is 5.91 Å². The van der Waals surface area contributed by atoms with Gasteiger partial charge in [-0.25, -0.2) is 0 Å². The fourth-order valence-corrected chi connectivity index (χ4v) is 2.31. The molecule has 0 aromatic rings. The molecular formula is C11H10F3N3O2S. The quantitative estimate of drug-likeness (QED) is 0.482. The van der Waals surface area contributed by atoms with E-state index in [-0.39, 0.29) is 16.7 Å². The molecule has 0 atom stereocenters. The molecule has 0 saturated carbocycles. The van der Waals surface area contributed by atoms with Crippen LogP contribution in [0.3, 0.4) is 0 Å². The molecule has 2 amide bonds. The Morgan fingerprint density at radius 2 is 2.20 bits per heavy atom. The van der Waals surface area contributed by atoms with Crippen molar-refractivity contribution in [1.82, 2.24) is 10.2 Å². The molecule has 1 fully saturated rings. The molecule has 0 radical (unpaired) electrons. The number of halogens is 3. The summed E-state index contributed by atoms with van der Waals surface area (Å²) in [5, 5.41) is 10.6. The van der Waals surface area contributed by atoms with E-state index in [4.69, 9.17) is 5.26 Å². The van der Waals surface area contributed by atoms with E-state index in [1.807, 2.05) is 0 Å². The highest BCUT2D eigenvalue weighted by atomic mass is 32.2. The summed E-state index contributed by atoms with van der Waals surface area (Å²) in [4.78, 5) is 24.1. The maximum absolute atomic E-state index is 12.0. The number of alkyl halides is 3. The number of nitrogens with zero attached hydrogens (tertiary/aromatic N) is 2. The number of nitriles is 1. The number of carbonyl (C=O) groups excluding carboxylic acids is 2. The Morgan fingerprint density at radius 3 is 2.70 bits per heavy atom. The molecule has 1 heterocycles. The number of hydrogen-bond acceptors (Lipinski definition) is 4. The molecule has 1 saturated heterocycles. The van der Waals surface area contributed by atoms with Gasteiger partial charge in [-0.1, -0.05) is 17.5 Å². The van der Waals surface area contributed by atoms with Crippen LogP contribution >= 0.6 is 11.8 Å². The maximum atomic E-state index is 12.0. The van der Waals surface area contributed by atoms with Crippen molar-refractivity contribution in [2.24, 2.45) is 0 Å². The minimum Gasteiger partial charge on any atom is -0.342 e. The minimum absolute atomic E-state index is 0.152. The van der Waals surface area contributed by atoms with E-state index in [2.05, 4.69) is 5.73 Å². The van der Waals surface area contributed by atoms with Crippen LogP contribution in [0.1, 0.15) is 6.92 Å². The summed E-state index contributed by atoms with van der Waals surface area (Å²) in [6.07, 6.45) is -4.56. The molecule has 1 aliphatic heterocycles. The van der Waals surface area contributed by atoms with E-state index < -0.39 is 24.2 Å². The Hall–Kier alpha value is -1.91. The Labute approximate surface area is 117 Å². The van der Waals surface area contributed by atoms with Crippen molar-refractivity contribution in [1.29, 1.82) is 5.26 Å². The zero-order valence-electron chi connectivity index (χ0n) is 10.4. The SMILES string of the molecule is CCN1C(=O)CSC1=C=C(C#N)C(=O)NCC(F)(F)F. The lowest BCUT2D eigenvalue weighted by atomic mass is 10.3. The van der Waals surface area contributed by atoms with Crippen LogP contribution in [0.25, 0.3) is 0 Å². The van der Waals surface area contributed by atoms with Gasteiger partial charge in [0.1, 0.15) is 17.6 Å². The van der Waals surface area contributed by atoms with Crippen molar-refractivity contribution in [3.63, 3.8) is 0 Å². The van der Waals surface area contributed by atoms with Crippen molar-refractivity contribution >= 4 is 23.6 Å². The molecule has 0 aromatic carbocycles. The lowest BCUT2D eigenvalue weighted by Crippen LogP contribution is -2.34. The first kappa shape index (κ1) is 16.1. The predicted octanol–water partition coefficient (Wildman–Crippen LogP) is 1.15. The van der Waals surface area contributed by atoms with Crippen LogP contribution in [0.2, 0.25) is 0 Å². The highest BCUT2D eigenvalue weighted by Crippen LogP contribution is 2.27. The molecule has 1 aliphatic rings. The summed E-state index contributed by atoms with van der Waals surface area (Å²) in [7, 11) is 0. The van der Waals surface area contributed by atoms with Crippen LogP contribution in [-0.4, -0.2) is 41.7 Å². The Bertz CT molecular complexity index is 530. The monoisotopic (exact) mass is 305 g/mol. The van der Waals surface area contributed by atoms with Gasteiger partial charge >= 0.3 is 6.18 Å². The predicted molar refractivity (Wildman–Crippen MR) is 65.1 cm³/mol. The first-order valence-electron chi connectivity index (χ1n) is 5.47. The van der Waals surface area contributed by atoms with Gasteiger partial charge in [-0.15, -0.1) is 0 Å². The summed E-state index contributed by atoms with van der Waals surface area (Å²) in [6, 6.07) is 1.48. The molecule has 20 heavy (non-hydrogen) atoms. The third-order valence-corrected chi connectivity index (χ3v) is 3.20. The Balaban J connectivity index is 2.95. The largest absolute Gasteiger partial charge is 0.405 e. The van der Waals surface area contributed by atoms with Gasteiger partial charge in [0.15, 0.2) is 5.57 Å². The van der Waals surface area contributed by atoms with Crippen LogP contribution in [0.4, 0.5) is 13.2 Å². The minimum atomic E-state index is -4.56. The first-order valence-corrected chi connectivity index (χ1v) is 6.46. The van der Waals surface area contributed by atoms with E-state index in [1.54, 1.807) is 12.2 Å². The maximum Gasteiger partial charge on any atom is 0.405 e. The molecular weight excluding hydrogens is 295 g/mol.